The van der Waals surface area contributed by atoms with Crippen LogP contribution in [0.15, 0.2) is 11.8 Å². The molecule has 0 aliphatic heterocycles. The first kappa shape index (κ1) is 2.72. The van der Waals surface area contributed by atoms with E-state index in [1.165, 1.54) is 6.08 Å². The van der Waals surface area contributed by atoms with Gasteiger partial charge in [0, 0.05) is 0 Å². The fourth-order valence-electron chi connectivity index (χ4n) is 0.114. The molecule has 0 heterocycles. The van der Waals surface area contributed by atoms with E-state index >= 15 is 0 Å². The standard InChI is InChI=1S/C3H4O2/c4-2-1-3(2)5/h1-2,4-5H/t2-/m1/s1. The van der Waals surface area contributed by atoms with Crippen LogP contribution in [0.25, 0.3) is 0 Å². The van der Waals surface area contributed by atoms with Gasteiger partial charge in [-0.25, -0.2) is 0 Å². The predicted molar refractivity (Wildman–Crippen MR) is 16.7 cm³/mol. The highest BCUT2D eigenvalue weighted by atomic mass is 16.3. The highest BCUT2D eigenvalue weighted by molar-refractivity contribution is 5.22. The third kappa shape index (κ3) is 0.260. The Morgan fingerprint density at radius 1 is 1.80 bits per heavy atom. The van der Waals surface area contributed by atoms with E-state index in [-0.39, 0.29) is 5.76 Å². The maximum absolute atomic E-state index is 8.09. The van der Waals surface area contributed by atoms with Crippen LogP contribution < -0.4 is 0 Å². The Morgan fingerprint density at radius 3 is 2.00 bits per heavy atom. The van der Waals surface area contributed by atoms with E-state index in [0.29, 0.717) is 0 Å². The van der Waals surface area contributed by atoms with E-state index in [1.807, 2.05) is 0 Å². The van der Waals surface area contributed by atoms with Gasteiger partial charge in [-0.2, -0.15) is 0 Å². The molecule has 2 heteroatoms. The van der Waals surface area contributed by atoms with Gasteiger partial charge in [0.25, 0.3) is 0 Å². The summed E-state index contributed by atoms with van der Waals surface area (Å²) in [7, 11) is 0. The van der Waals surface area contributed by atoms with Crippen molar-refractivity contribution in [3.05, 3.63) is 11.8 Å². The van der Waals surface area contributed by atoms with Crippen molar-refractivity contribution in [3.63, 3.8) is 0 Å². The van der Waals surface area contributed by atoms with Gasteiger partial charge in [-0.3, -0.25) is 0 Å². The lowest BCUT2D eigenvalue weighted by molar-refractivity contribution is 0.247. The van der Waals surface area contributed by atoms with Gasteiger partial charge < -0.3 is 10.2 Å². The molecular weight excluding hydrogens is 68.0 g/mol. The van der Waals surface area contributed by atoms with Gasteiger partial charge in [0.2, 0.25) is 0 Å². The molecule has 0 amide bonds. The fraction of sp³-hybridized carbons (Fsp3) is 0.333. The zero-order chi connectivity index (χ0) is 3.86. The molecule has 1 rings (SSSR count). The zero-order valence-electron chi connectivity index (χ0n) is 2.55. The average Bonchev–Trinajstić information content (AvgIpc) is 1.79. The molecule has 1 aliphatic rings. The number of rotatable bonds is 0. The molecule has 5 heavy (non-hydrogen) atoms. The normalized spacial score (nSPS) is 33.0. The van der Waals surface area contributed by atoms with E-state index in [2.05, 4.69) is 0 Å². The molecule has 0 aromatic carbocycles. The minimum atomic E-state index is -0.602. The molecule has 1 aliphatic carbocycles. The van der Waals surface area contributed by atoms with Gasteiger partial charge in [0.15, 0.2) is 0 Å². The molecule has 0 saturated heterocycles. The molecule has 0 bridgehead atoms. The Morgan fingerprint density at radius 2 is 2.00 bits per heavy atom. The highest BCUT2D eigenvalue weighted by Crippen LogP contribution is 2.13. The van der Waals surface area contributed by atoms with E-state index in [4.69, 9.17) is 10.2 Å². The lowest BCUT2D eigenvalue weighted by atomic mass is 10.7. The fourth-order valence-corrected chi connectivity index (χ4v) is 0.114. The second kappa shape index (κ2) is 0.518. The maximum Gasteiger partial charge on any atom is 0.132 e. The summed E-state index contributed by atoms with van der Waals surface area (Å²) in [6.07, 6.45) is 0.759. The van der Waals surface area contributed by atoms with E-state index in [9.17, 15) is 0 Å². The minimum Gasteiger partial charge on any atom is -0.509 e. The van der Waals surface area contributed by atoms with Gasteiger partial charge in [-0.1, -0.05) is 0 Å². The van der Waals surface area contributed by atoms with E-state index < -0.39 is 6.10 Å². The molecule has 0 spiro atoms. The van der Waals surface area contributed by atoms with Crippen LogP contribution in [0.2, 0.25) is 0 Å². The van der Waals surface area contributed by atoms with Gasteiger partial charge in [0.05, 0.1) is 0 Å². The minimum absolute atomic E-state index is 0.102. The summed E-state index contributed by atoms with van der Waals surface area (Å²) in [6, 6.07) is 0. The lowest BCUT2D eigenvalue weighted by Crippen LogP contribution is -1.79. The molecule has 28 valence electrons. The number of hydrogen-bond donors (Lipinski definition) is 2. The molecule has 0 radical (unpaired) electrons. The Labute approximate surface area is 29.4 Å². The molecule has 0 unspecified atom stereocenters. The van der Waals surface area contributed by atoms with Crippen molar-refractivity contribution < 1.29 is 10.2 Å². The molecule has 1 atom stereocenters. The van der Waals surface area contributed by atoms with Crippen molar-refractivity contribution in [3.8, 4) is 0 Å². The quantitative estimate of drug-likeness (QED) is 0.416. The second-order valence-electron chi connectivity index (χ2n) is 1.04. The van der Waals surface area contributed by atoms with Crippen molar-refractivity contribution >= 4 is 0 Å². The summed E-state index contributed by atoms with van der Waals surface area (Å²) < 4.78 is 0. The molecule has 0 aromatic rings. The first-order valence-electron chi connectivity index (χ1n) is 1.39. The Bertz CT molecular complexity index is 75.0. The van der Waals surface area contributed by atoms with Crippen molar-refractivity contribution in [1.82, 2.24) is 0 Å². The summed E-state index contributed by atoms with van der Waals surface area (Å²) in [5.74, 6) is 0.102. The number of aliphatic hydroxyl groups is 2. The summed E-state index contributed by atoms with van der Waals surface area (Å²) in [5, 5.41) is 16.1. The second-order valence-corrected chi connectivity index (χ2v) is 1.04. The molecule has 2 N–H and O–H groups in total. The molecular formula is C3H4O2. The van der Waals surface area contributed by atoms with Crippen LogP contribution in [0.3, 0.4) is 0 Å². The van der Waals surface area contributed by atoms with Gasteiger partial charge in [-0.05, 0) is 6.08 Å². The maximum atomic E-state index is 8.09. The average molecular weight is 72.1 g/mol. The van der Waals surface area contributed by atoms with Crippen LogP contribution in [0.4, 0.5) is 0 Å². The van der Waals surface area contributed by atoms with Crippen molar-refractivity contribution in [2.24, 2.45) is 0 Å². The molecule has 0 saturated carbocycles. The Hall–Kier alpha value is -0.500. The SMILES string of the molecule is OC1=C[C@H]1O. The molecule has 2 nitrogen and oxygen atoms in total. The van der Waals surface area contributed by atoms with Crippen LogP contribution >= 0.6 is 0 Å². The van der Waals surface area contributed by atoms with Crippen LogP contribution in [-0.2, 0) is 0 Å². The Balaban J connectivity index is 2.38. The summed E-state index contributed by atoms with van der Waals surface area (Å²) in [4.78, 5) is 0. The summed E-state index contributed by atoms with van der Waals surface area (Å²) in [5.41, 5.74) is 0. The zero-order valence-corrected chi connectivity index (χ0v) is 2.55. The third-order valence-electron chi connectivity index (χ3n) is 0.523. The summed E-state index contributed by atoms with van der Waals surface area (Å²) >= 11 is 0. The van der Waals surface area contributed by atoms with Gasteiger partial charge in [0.1, 0.15) is 11.9 Å². The third-order valence-corrected chi connectivity index (χ3v) is 0.523. The van der Waals surface area contributed by atoms with Crippen LogP contribution in [0, 0.1) is 0 Å². The highest BCUT2D eigenvalue weighted by Gasteiger charge is 2.18. The lowest BCUT2D eigenvalue weighted by Gasteiger charge is -1.70. The van der Waals surface area contributed by atoms with E-state index in [0.717, 1.165) is 0 Å². The van der Waals surface area contributed by atoms with Crippen LogP contribution in [-0.4, -0.2) is 16.3 Å². The first-order chi connectivity index (χ1) is 2.30. The van der Waals surface area contributed by atoms with Crippen molar-refractivity contribution in [2.45, 2.75) is 6.10 Å². The summed E-state index contributed by atoms with van der Waals surface area (Å²) in [6.45, 7) is 0. The van der Waals surface area contributed by atoms with Gasteiger partial charge in [-0.15, -0.1) is 0 Å². The van der Waals surface area contributed by atoms with Crippen LogP contribution in [0.1, 0.15) is 0 Å². The number of aliphatic hydroxyl groups excluding tert-OH is 2. The van der Waals surface area contributed by atoms with Crippen molar-refractivity contribution in [1.29, 1.82) is 0 Å². The largest absolute Gasteiger partial charge is 0.509 e. The first-order valence-corrected chi connectivity index (χ1v) is 1.39. The predicted octanol–water partition coefficient (Wildman–Crippen LogP) is -0.197. The number of hydrogen-bond acceptors (Lipinski definition) is 2. The Kier molecular flexibility index (Phi) is 0.282. The van der Waals surface area contributed by atoms with E-state index in [1.54, 1.807) is 0 Å². The smallest absolute Gasteiger partial charge is 0.132 e. The topological polar surface area (TPSA) is 40.5 Å². The molecule has 0 aromatic heterocycles. The monoisotopic (exact) mass is 72.0 g/mol. The molecule has 0 fully saturated rings. The van der Waals surface area contributed by atoms with Crippen LogP contribution in [0.5, 0.6) is 0 Å². The van der Waals surface area contributed by atoms with Crippen molar-refractivity contribution in [2.75, 3.05) is 0 Å². The van der Waals surface area contributed by atoms with Gasteiger partial charge >= 0.3 is 0 Å².